The van der Waals surface area contributed by atoms with E-state index in [2.05, 4.69) is 10.3 Å². The molecule has 216 valence electrons. The van der Waals surface area contributed by atoms with E-state index >= 15 is 0 Å². The predicted molar refractivity (Wildman–Crippen MR) is 159 cm³/mol. The van der Waals surface area contributed by atoms with Gasteiger partial charge in [-0.1, -0.05) is 29.8 Å². The number of hydrogen-bond acceptors (Lipinski definition) is 6. The Kier molecular flexibility index (Phi) is 8.61. The number of anilines is 1. The summed E-state index contributed by atoms with van der Waals surface area (Å²) in [5.74, 6) is -0.0350. The maximum atomic E-state index is 13.1. The lowest BCUT2D eigenvalue weighted by atomic mass is 10.1. The van der Waals surface area contributed by atoms with Crippen LogP contribution < -0.4 is 10.1 Å². The number of nitrogens with zero attached hydrogens (tertiary/aromatic N) is 4. The summed E-state index contributed by atoms with van der Waals surface area (Å²) in [6, 6.07) is 21.7. The molecule has 0 fully saturated rings. The number of alkyl halides is 3. The summed E-state index contributed by atoms with van der Waals surface area (Å²) in [6.07, 6.45) is 0.189. The highest BCUT2D eigenvalue weighted by Crippen LogP contribution is 2.34. The molecule has 1 N–H and O–H groups in total. The normalized spacial score (nSPS) is 11.7. The average molecular weight is 620 g/mol. The van der Waals surface area contributed by atoms with Crippen molar-refractivity contribution < 1.29 is 22.7 Å². The van der Waals surface area contributed by atoms with Crippen molar-refractivity contribution in [1.82, 2.24) is 14.8 Å². The molecule has 0 radical (unpaired) electrons. The number of para-hydroxylation sites is 1. The van der Waals surface area contributed by atoms with Gasteiger partial charge in [-0.2, -0.15) is 23.5 Å². The van der Waals surface area contributed by atoms with Crippen LogP contribution >= 0.6 is 22.9 Å². The highest BCUT2D eigenvalue weighted by Gasteiger charge is 2.31. The summed E-state index contributed by atoms with van der Waals surface area (Å²) in [5, 5.41) is 17.5. The first-order valence-electron chi connectivity index (χ1n) is 12.7. The lowest BCUT2D eigenvalue weighted by molar-refractivity contribution is -0.137. The van der Waals surface area contributed by atoms with E-state index in [4.69, 9.17) is 21.4 Å². The molecule has 0 bridgehead atoms. The molecule has 0 aliphatic carbocycles. The number of carbonyl (C=O) groups excluding carboxylic acids is 1. The molecular formula is C31H21ClF3N5O2S. The Morgan fingerprint density at radius 1 is 1.14 bits per heavy atom. The number of methoxy groups -OCH3 is 1. The fourth-order valence-corrected chi connectivity index (χ4v) is 5.18. The second-order valence-corrected chi connectivity index (χ2v) is 10.7. The molecule has 0 saturated carbocycles. The Labute approximate surface area is 253 Å². The summed E-state index contributed by atoms with van der Waals surface area (Å²) in [4.78, 5) is 17.8. The van der Waals surface area contributed by atoms with Crippen molar-refractivity contribution in [2.75, 3.05) is 12.4 Å². The number of hydrogen-bond donors (Lipinski definition) is 1. The summed E-state index contributed by atoms with van der Waals surface area (Å²) in [6.45, 7) is 0. The lowest BCUT2D eigenvalue weighted by Crippen LogP contribution is -2.13. The van der Waals surface area contributed by atoms with Gasteiger partial charge in [0.1, 0.15) is 17.4 Å². The van der Waals surface area contributed by atoms with E-state index in [9.17, 15) is 23.2 Å². The van der Waals surface area contributed by atoms with Crippen molar-refractivity contribution in [3.63, 3.8) is 0 Å². The van der Waals surface area contributed by atoms with Crippen LogP contribution in [0, 0.1) is 11.3 Å². The van der Waals surface area contributed by atoms with E-state index in [0.29, 0.717) is 21.9 Å². The maximum absolute atomic E-state index is 13.1. The van der Waals surface area contributed by atoms with Crippen molar-refractivity contribution in [3.8, 4) is 28.8 Å². The zero-order valence-corrected chi connectivity index (χ0v) is 24.0. The number of ether oxygens (including phenoxy) is 1. The van der Waals surface area contributed by atoms with Crippen molar-refractivity contribution in [1.29, 1.82) is 5.26 Å². The number of nitriles is 1. The molecule has 2 aromatic heterocycles. The van der Waals surface area contributed by atoms with Crippen molar-refractivity contribution in [2.24, 2.45) is 0 Å². The van der Waals surface area contributed by atoms with Crippen LogP contribution in [0.4, 0.5) is 18.3 Å². The van der Waals surface area contributed by atoms with Crippen molar-refractivity contribution in [2.45, 2.75) is 12.6 Å². The Morgan fingerprint density at radius 3 is 2.56 bits per heavy atom. The summed E-state index contributed by atoms with van der Waals surface area (Å²) >= 11 is 7.20. The number of thiazole rings is 1. The van der Waals surface area contributed by atoms with Gasteiger partial charge in [-0.15, -0.1) is 11.3 Å². The number of halogens is 4. The van der Waals surface area contributed by atoms with Crippen LogP contribution in [-0.2, 0) is 17.4 Å². The molecule has 7 nitrogen and oxygen atoms in total. The van der Waals surface area contributed by atoms with Gasteiger partial charge >= 0.3 is 6.18 Å². The molecular weight excluding hydrogens is 599 g/mol. The number of aromatic nitrogens is 3. The molecule has 3 aromatic carbocycles. The van der Waals surface area contributed by atoms with Crippen molar-refractivity contribution in [3.05, 3.63) is 117 Å². The highest BCUT2D eigenvalue weighted by atomic mass is 35.5. The van der Waals surface area contributed by atoms with Crippen LogP contribution in [0.25, 0.3) is 23.0 Å². The zero-order chi connectivity index (χ0) is 30.6. The average Bonchev–Trinajstić information content (AvgIpc) is 3.63. The SMILES string of the molecule is COc1ccc(-c2nn(-c3ccccc3)cc2C=C(C#N)C(=O)Nc2ncc(Cc3cc(C(F)(F)F)ccc3Cl)s2)cc1. The van der Waals surface area contributed by atoms with Crippen LogP contribution in [0.5, 0.6) is 5.75 Å². The van der Waals surface area contributed by atoms with Gasteiger partial charge in [0, 0.05) is 39.8 Å². The third kappa shape index (κ3) is 6.94. The fraction of sp³-hybridized carbons (Fsp3) is 0.0968. The Bertz CT molecular complexity index is 1840. The smallest absolute Gasteiger partial charge is 0.416 e. The number of carbonyl (C=O) groups is 1. The van der Waals surface area contributed by atoms with E-state index in [1.54, 1.807) is 30.1 Å². The first kappa shape index (κ1) is 29.6. The van der Waals surface area contributed by atoms with Gasteiger partial charge in [-0.25, -0.2) is 9.67 Å². The molecule has 2 heterocycles. The van der Waals surface area contributed by atoms with Gasteiger partial charge < -0.3 is 4.74 Å². The van der Waals surface area contributed by atoms with Crippen LogP contribution in [-0.4, -0.2) is 27.8 Å². The number of nitrogens with one attached hydrogen (secondary N) is 1. The summed E-state index contributed by atoms with van der Waals surface area (Å²) in [5.41, 5.74) is 1.88. The second-order valence-electron chi connectivity index (χ2n) is 9.18. The lowest BCUT2D eigenvalue weighted by Gasteiger charge is -2.09. The molecule has 0 unspecified atom stereocenters. The minimum atomic E-state index is -4.50. The largest absolute Gasteiger partial charge is 0.497 e. The third-order valence-corrected chi connectivity index (χ3v) is 7.58. The summed E-state index contributed by atoms with van der Waals surface area (Å²) < 4.78 is 46.4. The first-order valence-corrected chi connectivity index (χ1v) is 13.9. The molecule has 43 heavy (non-hydrogen) atoms. The van der Waals surface area contributed by atoms with Gasteiger partial charge in [0.15, 0.2) is 5.13 Å². The second kappa shape index (κ2) is 12.5. The van der Waals surface area contributed by atoms with E-state index in [-0.39, 0.29) is 27.7 Å². The molecule has 5 aromatic rings. The molecule has 0 aliphatic rings. The van der Waals surface area contributed by atoms with Crippen molar-refractivity contribution >= 4 is 40.1 Å². The van der Waals surface area contributed by atoms with Gasteiger partial charge in [0.05, 0.1) is 24.1 Å². The van der Waals surface area contributed by atoms with Crippen LogP contribution in [0.2, 0.25) is 5.02 Å². The van der Waals surface area contributed by atoms with Gasteiger partial charge in [0.2, 0.25) is 0 Å². The highest BCUT2D eigenvalue weighted by molar-refractivity contribution is 7.15. The molecule has 0 saturated heterocycles. The van der Waals surface area contributed by atoms with E-state index in [1.165, 1.54) is 18.3 Å². The molecule has 5 rings (SSSR count). The summed E-state index contributed by atoms with van der Waals surface area (Å²) in [7, 11) is 1.57. The third-order valence-electron chi connectivity index (χ3n) is 6.30. The van der Waals surface area contributed by atoms with Crippen LogP contribution in [0.1, 0.15) is 21.6 Å². The van der Waals surface area contributed by atoms with Crippen LogP contribution in [0.3, 0.4) is 0 Å². The minimum absolute atomic E-state index is 0.0845. The van der Waals surface area contributed by atoms with Gasteiger partial charge in [-0.05, 0) is 66.2 Å². The first-order chi connectivity index (χ1) is 20.6. The quantitative estimate of drug-likeness (QED) is 0.141. The van der Waals surface area contributed by atoms with Gasteiger partial charge in [0.25, 0.3) is 5.91 Å². The number of amides is 1. The predicted octanol–water partition coefficient (Wildman–Crippen LogP) is 7.81. The van der Waals surface area contributed by atoms with E-state index < -0.39 is 17.6 Å². The van der Waals surface area contributed by atoms with Crippen LogP contribution in [0.15, 0.2) is 90.8 Å². The maximum Gasteiger partial charge on any atom is 0.416 e. The minimum Gasteiger partial charge on any atom is -0.497 e. The monoisotopic (exact) mass is 619 g/mol. The Morgan fingerprint density at radius 2 is 1.88 bits per heavy atom. The Balaban J connectivity index is 1.40. The topological polar surface area (TPSA) is 92.8 Å². The van der Waals surface area contributed by atoms with E-state index in [0.717, 1.165) is 34.7 Å². The molecule has 0 spiro atoms. The number of rotatable bonds is 8. The standard InChI is InChI=1S/C31H21ClF3N5O2S/c1-42-25-10-7-19(8-11-25)28-22(18-40(39-28)24-5-3-2-4-6-24)13-21(16-36)29(41)38-30-37-17-26(43-30)15-20-14-23(31(33,34)35)9-12-27(20)32/h2-14,17-18H,15H2,1H3,(H,37,38,41). The fourth-order valence-electron chi connectivity index (χ4n) is 4.17. The molecule has 1 amide bonds. The van der Waals surface area contributed by atoms with E-state index in [1.807, 2.05) is 48.5 Å². The zero-order valence-electron chi connectivity index (χ0n) is 22.4. The molecule has 0 atom stereocenters. The number of benzene rings is 3. The Hall–Kier alpha value is -4.92. The molecule has 0 aliphatic heterocycles. The molecule has 12 heteroatoms. The van der Waals surface area contributed by atoms with Gasteiger partial charge in [-0.3, -0.25) is 10.1 Å².